The maximum Gasteiger partial charge on any atom is 0.412 e. The van der Waals surface area contributed by atoms with Gasteiger partial charge in [0, 0.05) is 24.2 Å². The number of methoxy groups -OCH3 is 6. The molecule has 0 spiro atoms. The van der Waals surface area contributed by atoms with Crippen molar-refractivity contribution in [3.8, 4) is 46.0 Å². The van der Waals surface area contributed by atoms with Crippen LogP contribution in [0.3, 0.4) is 0 Å². The summed E-state index contributed by atoms with van der Waals surface area (Å²) in [5, 5.41) is 5.56. The van der Waals surface area contributed by atoms with E-state index >= 15 is 0 Å². The van der Waals surface area contributed by atoms with Crippen LogP contribution in [0.25, 0.3) is 0 Å². The minimum atomic E-state index is -0.686. The van der Waals surface area contributed by atoms with Crippen LogP contribution in [0.2, 0.25) is 0 Å². The smallest absolute Gasteiger partial charge is 0.412 e. The third-order valence-corrected chi connectivity index (χ3v) is 7.46. The van der Waals surface area contributed by atoms with Crippen molar-refractivity contribution < 1.29 is 47.5 Å². The lowest BCUT2D eigenvalue weighted by Crippen LogP contribution is -2.30. The quantitative estimate of drug-likeness (QED) is 0.170. The monoisotopic (exact) mass is 666 g/mol. The van der Waals surface area contributed by atoms with Gasteiger partial charge in [-0.15, -0.1) is 0 Å². The molecule has 0 fully saturated rings. The first-order valence-electron chi connectivity index (χ1n) is 15.3. The minimum absolute atomic E-state index is 0.110. The second-order valence-corrected chi connectivity index (χ2v) is 10.8. The molecule has 12 nitrogen and oxygen atoms in total. The minimum Gasteiger partial charge on any atom is -0.493 e. The molecule has 2 N–H and O–H groups in total. The Morgan fingerprint density at radius 3 is 1.46 bits per heavy atom. The summed E-state index contributed by atoms with van der Waals surface area (Å²) in [4.78, 5) is 26.1. The molecule has 3 aromatic rings. The molecular weight excluding hydrogens is 620 g/mol. The molecule has 3 aromatic carbocycles. The highest BCUT2D eigenvalue weighted by Gasteiger charge is 2.28. The molecule has 0 saturated heterocycles. The summed E-state index contributed by atoms with van der Waals surface area (Å²) in [6.07, 6.45) is 2.02. The van der Waals surface area contributed by atoms with E-state index in [4.69, 9.17) is 37.9 Å². The second kappa shape index (κ2) is 18.2. The lowest BCUT2D eigenvalue weighted by Gasteiger charge is -2.22. The highest BCUT2D eigenvalue weighted by Crippen LogP contribution is 2.50. The van der Waals surface area contributed by atoms with Gasteiger partial charge in [0.05, 0.1) is 42.7 Å². The average molecular weight is 667 g/mol. The van der Waals surface area contributed by atoms with E-state index in [2.05, 4.69) is 10.6 Å². The van der Waals surface area contributed by atoms with E-state index in [0.29, 0.717) is 66.5 Å². The van der Waals surface area contributed by atoms with Crippen LogP contribution in [0.4, 0.5) is 9.59 Å². The molecule has 0 aliphatic rings. The summed E-state index contributed by atoms with van der Waals surface area (Å²) in [7, 11) is 9.12. The third kappa shape index (κ3) is 9.63. The Balaban J connectivity index is 1.80. The first-order valence-corrected chi connectivity index (χ1v) is 15.3. The van der Waals surface area contributed by atoms with E-state index in [0.717, 1.165) is 16.7 Å². The summed E-state index contributed by atoms with van der Waals surface area (Å²) in [6.45, 7) is 6.27. The van der Waals surface area contributed by atoms with Crippen molar-refractivity contribution in [1.29, 1.82) is 0 Å². The summed E-state index contributed by atoms with van der Waals surface area (Å²) < 4.78 is 44.3. The summed E-state index contributed by atoms with van der Waals surface area (Å²) >= 11 is 0. The topological polar surface area (TPSA) is 132 Å². The van der Waals surface area contributed by atoms with E-state index in [1.807, 2.05) is 56.3 Å². The van der Waals surface area contributed by atoms with Crippen molar-refractivity contribution >= 4 is 12.2 Å². The second-order valence-electron chi connectivity index (χ2n) is 10.8. The molecule has 0 radical (unpaired) electrons. The van der Waals surface area contributed by atoms with Gasteiger partial charge < -0.3 is 48.5 Å². The molecule has 0 aromatic heterocycles. The number of carbonyl (C=O) groups excluding carboxylic acids is 2. The van der Waals surface area contributed by atoms with Crippen molar-refractivity contribution in [2.75, 3.05) is 55.7 Å². The molecule has 260 valence electrons. The molecule has 2 amide bonds. The molecular formula is C36H46N2O10. The van der Waals surface area contributed by atoms with E-state index in [1.54, 1.807) is 35.4 Å². The SMILES string of the molecule is COc1ccc(CCNC(=O)Oc2c(C)c(CC=C(C)C)c(OC(=O)NCCc3ccc(OC)c(OC)c3)c(OC)c2OC)cc1OC. The number of amides is 2. The molecule has 0 saturated carbocycles. The van der Waals surface area contributed by atoms with Gasteiger partial charge in [0.2, 0.25) is 11.5 Å². The molecule has 0 aliphatic carbocycles. The van der Waals surface area contributed by atoms with Crippen molar-refractivity contribution in [2.24, 2.45) is 0 Å². The number of allylic oxidation sites excluding steroid dienone is 2. The lowest BCUT2D eigenvalue weighted by atomic mass is 10.0. The van der Waals surface area contributed by atoms with Crippen LogP contribution >= 0.6 is 0 Å². The van der Waals surface area contributed by atoms with Gasteiger partial charge in [-0.25, -0.2) is 9.59 Å². The van der Waals surface area contributed by atoms with Crippen molar-refractivity contribution in [1.82, 2.24) is 10.6 Å². The number of hydrogen-bond donors (Lipinski definition) is 2. The number of ether oxygens (including phenoxy) is 8. The van der Waals surface area contributed by atoms with Crippen LogP contribution in [-0.2, 0) is 19.3 Å². The highest BCUT2D eigenvalue weighted by molar-refractivity contribution is 5.78. The number of rotatable bonds is 16. The summed E-state index contributed by atoms with van der Waals surface area (Å²) in [5.74, 6) is 2.97. The van der Waals surface area contributed by atoms with Crippen molar-refractivity contribution in [2.45, 2.75) is 40.0 Å². The van der Waals surface area contributed by atoms with Crippen molar-refractivity contribution in [3.63, 3.8) is 0 Å². The fraction of sp³-hybridized carbons (Fsp3) is 0.389. The van der Waals surface area contributed by atoms with Crippen LogP contribution in [-0.4, -0.2) is 67.9 Å². The van der Waals surface area contributed by atoms with Crippen LogP contribution in [0.5, 0.6) is 46.0 Å². The van der Waals surface area contributed by atoms with Gasteiger partial charge in [-0.3, -0.25) is 0 Å². The Hall–Kier alpha value is -5.26. The van der Waals surface area contributed by atoms with E-state index in [1.165, 1.54) is 14.2 Å². The largest absolute Gasteiger partial charge is 0.493 e. The molecule has 0 aliphatic heterocycles. The Kier molecular flexibility index (Phi) is 14.1. The van der Waals surface area contributed by atoms with E-state index < -0.39 is 12.2 Å². The maximum absolute atomic E-state index is 13.1. The lowest BCUT2D eigenvalue weighted by molar-refractivity contribution is 0.193. The number of benzene rings is 3. The molecule has 3 rings (SSSR count). The molecule has 0 unspecified atom stereocenters. The van der Waals surface area contributed by atoms with Crippen molar-refractivity contribution in [3.05, 3.63) is 70.3 Å². The van der Waals surface area contributed by atoms with E-state index in [-0.39, 0.29) is 23.0 Å². The molecule has 0 bridgehead atoms. The van der Waals surface area contributed by atoms with Gasteiger partial charge in [-0.05, 0) is 75.4 Å². The predicted octanol–water partition coefficient (Wildman–Crippen LogP) is 6.22. The standard InChI is InChI=1S/C36H46N2O10/c1-22(2)10-13-26-23(3)31(47-35(39)37-18-16-24-11-14-27(41-4)29(20-24)43-6)33(45-8)34(46-9)32(26)48-36(40)38-19-17-25-12-15-28(42-5)30(21-25)44-7/h10-12,14-15,20-21H,13,16-19H2,1-9H3,(H,37,39)(H,38,40). The molecule has 0 atom stereocenters. The first-order chi connectivity index (χ1) is 23.1. The predicted molar refractivity (Wildman–Crippen MR) is 182 cm³/mol. The summed E-state index contributed by atoms with van der Waals surface area (Å²) in [5.41, 5.74) is 4.07. The van der Waals surface area contributed by atoms with Gasteiger partial charge >= 0.3 is 12.2 Å². The number of nitrogens with one attached hydrogen (secondary N) is 2. The normalized spacial score (nSPS) is 10.4. The summed E-state index contributed by atoms with van der Waals surface area (Å²) in [6, 6.07) is 11.1. The average Bonchev–Trinajstić information content (AvgIpc) is 3.08. The molecule has 0 heterocycles. The van der Waals surface area contributed by atoms with Gasteiger partial charge in [0.1, 0.15) is 0 Å². The van der Waals surface area contributed by atoms with Gasteiger partial charge in [-0.1, -0.05) is 23.8 Å². The van der Waals surface area contributed by atoms with Crippen LogP contribution in [0, 0.1) is 6.92 Å². The Bertz CT molecular complexity index is 1600. The van der Waals surface area contributed by atoms with Crippen LogP contribution < -0.4 is 48.5 Å². The third-order valence-electron chi connectivity index (χ3n) is 7.46. The fourth-order valence-corrected chi connectivity index (χ4v) is 4.92. The Labute approximate surface area is 282 Å². The zero-order valence-electron chi connectivity index (χ0n) is 29.2. The Morgan fingerprint density at radius 2 is 1.04 bits per heavy atom. The number of hydrogen-bond acceptors (Lipinski definition) is 10. The first kappa shape index (κ1) is 37.2. The molecule has 48 heavy (non-hydrogen) atoms. The zero-order valence-corrected chi connectivity index (χ0v) is 29.2. The zero-order chi connectivity index (χ0) is 35.2. The van der Waals surface area contributed by atoms with Gasteiger partial charge in [0.25, 0.3) is 0 Å². The van der Waals surface area contributed by atoms with Gasteiger partial charge in [0.15, 0.2) is 34.5 Å². The van der Waals surface area contributed by atoms with E-state index in [9.17, 15) is 9.59 Å². The number of carbonyl (C=O) groups is 2. The van der Waals surface area contributed by atoms with Gasteiger partial charge in [-0.2, -0.15) is 0 Å². The maximum atomic E-state index is 13.1. The van der Waals surface area contributed by atoms with Crippen LogP contribution in [0.15, 0.2) is 48.0 Å². The Morgan fingerprint density at radius 1 is 0.604 bits per heavy atom. The highest BCUT2D eigenvalue weighted by atomic mass is 16.6. The molecule has 12 heteroatoms. The fourth-order valence-electron chi connectivity index (χ4n) is 4.92. The van der Waals surface area contributed by atoms with Crippen LogP contribution in [0.1, 0.15) is 36.1 Å².